The van der Waals surface area contributed by atoms with Crippen molar-refractivity contribution in [3.8, 4) is 11.8 Å². The van der Waals surface area contributed by atoms with Crippen molar-refractivity contribution in [2.75, 3.05) is 26.2 Å². The van der Waals surface area contributed by atoms with E-state index in [0.29, 0.717) is 55.9 Å². The van der Waals surface area contributed by atoms with E-state index in [9.17, 15) is 19.2 Å². The number of amides is 2. The molecule has 2 atom stereocenters. The van der Waals surface area contributed by atoms with E-state index in [0.717, 1.165) is 17.5 Å². The molecule has 2 saturated heterocycles. The molecule has 3 aliphatic rings. The molecular formula is C31H29FN4O3. The molecule has 2 amide bonds. The number of carbonyl (C=O) groups is 2. The zero-order chi connectivity index (χ0) is 27.1. The number of halogens is 1. The molecule has 198 valence electrons. The van der Waals surface area contributed by atoms with Crippen LogP contribution >= 0.6 is 0 Å². The number of piperidine rings is 2. The third-order valence-corrected chi connectivity index (χ3v) is 8.50. The molecule has 3 aromatic rings. The van der Waals surface area contributed by atoms with Crippen LogP contribution in [0.2, 0.25) is 0 Å². The van der Waals surface area contributed by atoms with Gasteiger partial charge in [-0.25, -0.2) is 4.39 Å². The lowest BCUT2D eigenvalue weighted by Crippen LogP contribution is -2.46. The summed E-state index contributed by atoms with van der Waals surface area (Å²) < 4.78 is 19.7. The first-order chi connectivity index (χ1) is 18.9. The third kappa shape index (κ3) is 4.42. The number of pyridine rings is 1. The Morgan fingerprint density at radius 3 is 2.56 bits per heavy atom. The van der Waals surface area contributed by atoms with Gasteiger partial charge in [-0.2, -0.15) is 5.26 Å². The summed E-state index contributed by atoms with van der Waals surface area (Å²) in [5.74, 6) is -0.0485. The Bertz CT molecular complexity index is 1480. The second kappa shape index (κ2) is 9.81. The van der Waals surface area contributed by atoms with Crippen LogP contribution in [0, 0.1) is 24.1 Å². The first-order valence-corrected chi connectivity index (χ1v) is 13.4. The maximum atomic E-state index is 13.7. The number of fused-ring (bicyclic) bond motifs is 3. The topological polar surface area (TPSA) is 86.5 Å². The molecule has 1 aromatic heterocycles. The second-order valence-corrected chi connectivity index (χ2v) is 10.7. The SMILES string of the molecule is Cc1cnc(C(=O)N2CCC(C#N)(c3ccccc3)CC2)cc1C(=O)N1CCC2c3ccc(F)cc3OC2C1. The molecule has 3 aliphatic heterocycles. The number of nitriles is 1. The van der Waals surface area contributed by atoms with E-state index >= 15 is 0 Å². The average molecular weight is 525 g/mol. The Morgan fingerprint density at radius 1 is 1.05 bits per heavy atom. The number of aryl methyl sites for hydroxylation is 1. The van der Waals surface area contributed by atoms with Gasteiger partial charge in [-0.05, 0) is 49.4 Å². The monoisotopic (exact) mass is 524 g/mol. The molecule has 0 saturated carbocycles. The van der Waals surface area contributed by atoms with Crippen LogP contribution in [0.3, 0.4) is 0 Å². The van der Waals surface area contributed by atoms with E-state index < -0.39 is 5.41 Å². The molecule has 0 radical (unpaired) electrons. The largest absolute Gasteiger partial charge is 0.488 e. The van der Waals surface area contributed by atoms with Gasteiger partial charge in [0, 0.05) is 48.9 Å². The van der Waals surface area contributed by atoms with E-state index in [1.807, 2.05) is 37.3 Å². The van der Waals surface area contributed by atoms with Crippen LogP contribution in [0.15, 0.2) is 60.8 Å². The van der Waals surface area contributed by atoms with Crippen LogP contribution in [0.5, 0.6) is 5.75 Å². The van der Waals surface area contributed by atoms with Gasteiger partial charge in [-0.3, -0.25) is 14.6 Å². The van der Waals surface area contributed by atoms with Gasteiger partial charge in [0.15, 0.2) is 0 Å². The molecule has 0 N–H and O–H groups in total. The normalized spacial score (nSPS) is 21.4. The summed E-state index contributed by atoms with van der Waals surface area (Å²) in [7, 11) is 0. The van der Waals surface area contributed by atoms with Crippen molar-refractivity contribution in [2.45, 2.75) is 43.6 Å². The van der Waals surface area contributed by atoms with Gasteiger partial charge in [0.05, 0.1) is 18.0 Å². The van der Waals surface area contributed by atoms with Crippen LogP contribution in [0.25, 0.3) is 0 Å². The Kier molecular flexibility index (Phi) is 6.30. The first kappa shape index (κ1) is 25.1. The summed E-state index contributed by atoms with van der Waals surface area (Å²) in [6.07, 6.45) is 3.16. The quantitative estimate of drug-likeness (QED) is 0.499. The predicted molar refractivity (Wildman–Crippen MR) is 142 cm³/mol. The Labute approximate surface area is 226 Å². The molecule has 2 unspecified atom stereocenters. The highest BCUT2D eigenvalue weighted by atomic mass is 19.1. The van der Waals surface area contributed by atoms with E-state index in [2.05, 4.69) is 11.1 Å². The lowest BCUT2D eigenvalue weighted by Gasteiger charge is -2.37. The molecule has 0 bridgehead atoms. The van der Waals surface area contributed by atoms with Gasteiger partial charge in [0.1, 0.15) is 23.4 Å². The molecule has 0 aliphatic carbocycles. The molecular weight excluding hydrogens is 495 g/mol. The van der Waals surface area contributed by atoms with Gasteiger partial charge in [0.25, 0.3) is 11.8 Å². The lowest BCUT2D eigenvalue weighted by atomic mass is 9.74. The number of nitrogens with zero attached hydrogens (tertiary/aromatic N) is 4. The van der Waals surface area contributed by atoms with Crippen molar-refractivity contribution in [3.63, 3.8) is 0 Å². The summed E-state index contributed by atoms with van der Waals surface area (Å²) in [6.45, 7) is 3.63. The summed E-state index contributed by atoms with van der Waals surface area (Å²) in [4.78, 5) is 34.8. The Morgan fingerprint density at radius 2 is 1.82 bits per heavy atom. The zero-order valence-electron chi connectivity index (χ0n) is 21.8. The molecule has 6 rings (SSSR count). The smallest absolute Gasteiger partial charge is 0.272 e. The fourth-order valence-electron chi connectivity index (χ4n) is 6.17. The molecule has 8 heteroatoms. The van der Waals surface area contributed by atoms with Crippen molar-refractivity contribution in [1.82, 2.24) is 14.8 Å². The zero-order valence-corrected chi connectivity index (χ0v) is 21.8. The number of carbonyl (C=O) groups excluding carboxylic acids is 2. The van der Waals surface area contributed by atoms with Crippen molar-refractivity contribution in [2.24, 2.45) is 0 Å². The van der Waals surface area contributed by atoms with Gasteiger partial charge >= 0.3 is 0 Å². The van der Waals surface area contributed by atoms with Gasteiger partial charge in [-0.15, -0.1) is 0 Å². The number of likely N-dealkylation sites (tertiary alicyclic amines) is 2. The van der Waals surface area contributed by atoms with Crippen molar-refractivity contribution >= 4 is 11.8 Å². The lowest BCUT2D eigenvalue weighted by molar-refractivity contribution is 0.0543. The molecule has 4 heterocycles. The fraction of sp³-hybridized carbons (Fsp3) is 0.355. The standard InChI is InChI=1S/C31H29FN4O3/c1-20-17-34-26(30(38)35-13-10-31(19-33,11-14-35)21-5-3-2-4-6-21)16-25(20)29(37)36-12-9-24-23-8-7-22(32)15-27(23)39-28(24)18-36/h2-8,15-17,24,28H,9-14,18H2,1H3. The minimum absolute atomic E-state index is 0.135. The second-order valence-electron chi connectivity index (χ2n) is 10.7. The predicted octanol–water partition coefficient (Wildman–Crippen LogP) is 4.62. The Balaban J connectivity index is 1.15. The fourth-order valence-corrected chi connectivity index (χ4v) is 6.17. The summed E-state index contributed by atoms with van der Waals surface area (Å²) >= 11 is 0. The first-order valence-electron chi connectivity index (χ1n) is 13.4. The molecule has 7 nitrogen and oxygen atoms in total. The van der Waals surface area contributed by atoms with Crippen LogP contribution in [-0.4, -0.2) is 58.9 Å². The number of hydrogen-bond acceptors (Lipinski definition) is 5. The average Bonchev–Trinajstić information content (AvgIpc) is 3.34. The Hall–Kier alpha value is -4.25. The van der Waals surface area contributed by atoms with Gasteiger partial charge in [0.2, 0.25) is 0 Å². The van der Waals surface area contributed by atoms with Crippen LogP contribution < -0.4 is 4.74 Å². The van der Waals surface area contributed by atoms with Gasteiger partial charge in [-0.1, -0.05) is 36.4 Å². The minimum atomic E-state index is -0.611. The van der Waals surface area contributed by atoms with E-state index in [1.54, 1.807) is 28.1 Å². The van der Waals surface area contributed by atoms with E-state index in [-0.39, 0.29) is 35.3 Å². The van der Waals surface area contributed by atoms with Crippen LogP contribution in [0.1, 0.15) is 62.7 Å². The number of ether oxygens (including phenoxy) is 1. The third-order valence-electron chi connectivity index (χ3n) is 8.50. The molecule has 2 aromatic carbocycles. The highest BCUT2D eigenvalue weighted by Gasteiger charge is 2.41. The number of hydrogen-bond donors (Lipinski definition) is 0. The van der Waals surface area contributed by atoms with E-state index in [4.69, 9.17) is 4.74 Å². The molecule has 0 spiro atoms. The van der Waals surface area contributed by atoms with Crippen molar-refractivity contribution in [3.05, 3.63) is 94.6 Å². The maximum absolute atomic E-state index is 13.7. The minimum Gasteiger partial charge on any atom is -0.488 e. The van der Waals surface area contributed by atoms with Crippen molar-refractivity contribution in [1.29, 1.82) is 5.26 Å². The number of rotatable bonds is 3. The summed E-state index contributed by atoms with van der Waals surface area (Å²) in [5.41, 5.74) is 2.73. The van der Waals surface area contributed by atoms with Crippen LogP contribution in [0.4, 0.5) is 4.39 Å². The number of aromatic nitrogens is 1. The molecule has 39 heavy (non-hydrogen) atoms. The summed E-state index contributed by atoms with van der Waals surface area (Å²) in [5, 5.41) is 9.98. The molecule has 2 fully saturated rings. The highest BCUT2D eigenvalue weighted by molar-refractivity contribution is 5.99. The van der Waals surface area contributed by atoms with Gasteiger partial charge < -0.3 is 14.5 Å². The van der Waals surface area contributed by atoms with Crippen LogP contribution in [-0.2, 0) is 5.41 Å². The summed E-state index contributed by atoms with van der Waals surface area (Å²) in [6, 6.07) is 18.4. The highest BCUT2D eigenvalue weighted by Crippen LogP contribution is 2.43. The maximum Gasteiger partial charge on any atom is 0.272 e. The number of benzene rings is 2. The van der Waals surface area contributed by atoms with Crippen molar-refractivity contribution < 1.29 is 18.7 Å². The van der Waals surface area contributed by atoms with E-state index in [1.165, 1.54) is 12.1 Å².